The van der Waals surface area contributed by atoms with Crippen LogP contribution in [-0.4, -0.2) is 32.1 Å². The van der Waals surface area contributed by atoms with E-state index >= 15 is 0 Å². The Morgan fingerprint density at radius 1 is 1.32 bits per heavy atom. The Morgan fingerprint density at radius 3 is 2.89 bits per heavy atom. The molecule has 3 aromatic rings. The number of hydrogen-bond acceptors (Lipinski definition) is 4. The molecule has 6 nitrogen and oxygen atoms in total. The van der Waals surface area contributed by atoms with Crippen molar-refractivity contribution in [2.24, 2.45) is 0 Å². The summed E-state index contributed by atoms with van der Waals surface area (Å²) in [6.45, 7) is 4.74. The van der Waals surface area contributed by atoms with Crippen LogP contribution in [0.2, 0.25) is 0 Å². The smallest absolute Gasteiger partial charge is 0.244 e. The summed E-state index contributed by atoms with van der Waals surface area (Å²) < 4.78 is 21.5. The number of aromatic nitrogens is 3. The van der Waals surface area contributed by atoms with Gasteiger partial charge in [-0.05, 0) is 44.4 Å². The number of hydrogen-bond donors (Lipinski definition) is 0. The van der Waals surface area contributed by atoms with Gasteiger partial charge in [-0.3, -0.25) is 9.48 Å². The van der Waals surface area contributed by atoms with E-state index in [0.29, 0.717) is 30.2 Å². The van der Waals surface area contributed by atoms with E-state index in [2.05, 4.69) is 10.1 Å². The van der Waals surface area contributed by atoms with Gasteiger partial charge in [-0.1, -0.05) is 18.2 Å². The minimum Gasteiger partial charge on any atom is -0.443 e. The SMILES string of the molecule is Cc1cc(C)n(CC(=O)N2CCC[C@H]2c2ncc(Cc3ccccc3F)o2)n1. The number of carbonyl (C=O) groups is 1. The monoisotopic (exact) mass is 382 g/mol. The van der Waals surface area contributed by atoms with Crippen molar-refractivity contribution in [1.82, 2.24) is 19.7 Å². The molecule has 0 bridgehead atoms. The molecule has 1 saturated heterocycles. The van der Waals surface area contributed by atoms with E-state index in [-0.39, 0.29) is 24.3 Å². The molecule has 2 aromatic heterocycles. The van der Waals surface area contributed by atoms with Gasteiger partial charge in [-0.2, -0.15) is 5.10 Å². The number of likely N-dealkylation sites (tertiary alicyclic amines) is 1. The third-order valence-electron chi connectivity index (χ3n) is 5.14. The predicted octanol–water partition coefficient (Wildman–Crippen LogP) is 3.58. The molecule has 1 aromatic carbocycles. The maximum atomic E-state index is 13.9. The first-order valence-electron chi connectivity index (χ1n) is 9.50. The molecule has 3 heterocycles. The molecular weight excluding hydrogens is 359 g/mol. The van der Waals surface area contributed by atoms with Crippen LogP contribution in [0.4, 0.5) is 4.39 Å². The summed E-state index contributed by atoms with van der Waals surface area (Å²) >= 11 is 0. The molecule has 0 radical (unpaired) electrons. The molecule has 7 heteroatoms. The van der Waals surface area contributed by atoms with Crippen LogP contribution >= 0.6 is 0 Å². The molecule has 1 aliphatic heterocycles. The van der Waals surface area contributed by atoms with Gasteiger partial charge in [0.1, 0.15) is 24.2 Å². The first kappa shape index (κ1) is 18.4. The van der Waals surface area contributed by atoms with E-state index in [9.17, 15) is 9.18 Å². The lowest BCUT2D eigenvalue weighted by atomic mass is 10.1. The number of oxazole rings is 1. The standard InChI is InChI=1S/C21H23FN4O2/c1-14-10-15(2)26(24-14)13-20(27)25-9-5-8-19(25)21-23-12-17(28-21)11-16-6-3-4-7-18(16)22/h3-4,6-7,10,12,19H,5,8-9,11,13H2,1-2H3/t19-/m0/s1. The fraction of sp³-hybridized carbons (Fsp3) is 0.381. The molecule has 1 fully saturated rings. The van der Waals surface area contributed by atoms with E-state index in [1.807, 2.05) is 24.8 Å². The maximum Gasteiger partial charge on any atom is 0.244 e. The van der Waals surface area contributed by atoms with Crippen molar-refractivity contribution in [3.63, 3.8) is 0 Å². The molecule has 4 rings (SSSR count). The zero-order chi connectivity index (χ0) is 19.7. The van der Waals surface area contributed by atoms with Gasteiger partial charge in [0.05, 0.1) is 11.9 Å². The summed E-state index contributed by atoms with van der Waals surface area (Å²) in [4.78, 5) is 19.0. The van der Waals surface area contributed by atoms with Crippen LogP contribution in [0.1, 0.15) is 47.5 Å². The number of aryl methyl sites for hydroxylation is 2. The lowest BCUT2D eigenvalue weighted by molar-refractivity contribution is -0.133. The lowest BCUT2D eigenvalue weighted by Crippen LogP contribution is -2.34. The van der Waals surface area contributed by atoms with Gasteiger partial charge in [0, 0.05) is 18.7 Å². The molecule has 0 N–H and O–H groups in total. The fourth-order valence-electron chi connectivity index (χ4n) is 3.76. The summed E-state index contributed by atoms with van der Waals surface area (Å²) in [6.07, 6.45) is 3.68. The average molecular weight is 382 g/mol. The highest BCUT2D eigenvalue weighted by Gasteiger charge is 2.33. The molecule has 0 aliphatic carbocycles. The first-order valence-corrected chi connectivity index (χ1v) is 9.50. The van der Waals surface area contributed by atoms with Gasteiger partial charge in [-0.15, -0.1) is 0 Å². The van der Waals surface area contributed by atoms with Gasteiger partial charge in [-0.25, -0.2) is 9.37 Å². The molecule has 1 atom stereocenters. The van der Waals surface area contributed by atoms with Crippen LogP contribution in [0.3, 0.4) is 0 Å². The molecule has 0 saturated carbocycles. The predicted molar refractivity (Wildman–Crippen MR) is 101 cm³/mol. The highest BCUT2D eigenvalue weighted by Crippen LogP contribution is 2.32. The Labute approximate surface area is 163 Å². The van der Waals surface area contributed by atoms with Crippen molar-refractivity contribution in [3.8, 4) is 0 Å². The van der Waals surface area contributed by atoms with Crippen molar-refractivity contribution in [3.05, 3.63) is 70.9 Å². The Bertz CT molecular complexity index is 994. The van der Waals surface area contributed by atoms with Crippen molar-refractivity contribution >= 4 is 5.91 Å². The van der Waals surface area contributed by atoms with Crippen LogP contribution in [-0.2, 0) is 17.8 Å². The largest absolute Gasteiger partial charge is 0.443 e. The van der Waals surface area contributed by atoms with Gasteiger partial charge in [0.2, 0.25) is 11.8 Å². The second kappa shape index (κ2) is 7.58. The Hall–Kier alpha value is -2.96. The summed E-state index contributed by atoms with van der Waals surface area (Å²) in [6, 6.07) is 8.40. The number of benzene rings is 1. The van der Waals surface area contributed by atoms with Crippen LogP contribution in [0.25, 0.3) is 0 Å². The number of carbonyl (C=O) groups excluding carboxylic acids is 1. The third-order valence-corrected chi connectivity index (χ3v) is 5.14. The number of halogens is 1. The van der Waals surface area contributed by atoms with Gasteiger partial charge < -0.3 is 9.32 Å². The minimum absolute atomic E-state index is 0.00236. The minimum atomic E-state index is -0.261. The van der Waals surface area contributed by atoms with E-state index in [1.165, 1.54) is 6.07 Å². The molecule has 1 amide bonds. The fourth-order valence-corrected chi connectivity index (χ4v) is 3.76. The number of amides is 1. The third kappa shape index (κ3) is 3.69. The second-order valence-corrected chi connectivity index (χ2v) is 7.26. The number of rotatable bonds is 5. The molecule has 1 aliphatic rings. The van der Waals surface area contributed by atoms with E-state index < -0.39 is 0 Å². The molecule has 0 spiro atoms. The maximum absolute atomic E-state index is 13.9. The zero-order valence-corrected chi connectivity index (χ0v) is 16.1. The van der Waals surface area contributed by atoms with Crippen LogP contribution in [0, 0.1) is 19.7 Å². The van der Waals surface area contributed by atoms with Gasteiger partial charge in [0.15, 0.2) is 0 Å². The van der Waals surface area contributed by atoms with Gasteiger partial charge >= 0.3 is 0 Å². The van der Waals surface area contributed by atoms with E-state index in [0.717, 1.165) is 24.2 Å². The average Bonchev–Trinajstić information content (AvgIpc) is 3.37. The van der Waals surface area contributed by atoms with Gasteiger partial charge in [0.25, 0.3) is 0 Å². The Balaban J connectivity index is 1.48. The quantitative estimate of drug-likeness (QED) is 0.677. The molecular formula is C21H23FN4O2. The van der Waals surface area contributed by atoms with Crippen LogP contribution in [0.5, 0.6) is 0 Å². The summed E-state index contributed by atoms with van der Waals surface area (Å²) in [5.41, 5.74) is 2.42. The van der Waals surface area contributed by atoms with Crippen molar-refractivity contribution in [2.75, 3.05) is 6.54 Å². The zero-order valence-electron chi connectivity index (χ0n) is 16.1. The van der Waals surface area contributed by atoms with Crippen LogP contribution < -0.4 is 0 Å². The normalized spacial score (nSPS) is 16.7. The highest BCUT2D eigenvalue weighted by atomic mass is 19.1. The van der Waals surface area contributed by atoms with Crippen LogP contribution in [0.15, 0.2) is 40.9 Å². The Kier molecular flexibility index (Phi) is 4.98. The molecule has 28 heavy (non-hydrogen) atoms. The second-order valence-electron chi connectivity index (χ2n) is 7.26. The lowest BCUT2D eigenvalue weighted by Gasteiger charge is -2.22. The first-order chi connectivity index (χ1) is 13.5. The molecule has 146 valence electrons. The summed E-state index contributed by atoms with van der Waals surface area (Å²) in [5.74, 6) is 0.856. The molecule has 0 unspecified atom stereocenters. The highest BCUT2D eigenvalue weighted by molar-refractivity contribution is 5.76. The number of nitrogens with zero attached hydrogens (tertiary/aromatic N) is 4. The van der Waals surface area contributed by atoms with E-state index in [1.54, 1.807) is 29.1 Å². The topological polar surface area (TPSA) is 64.2 Å². The van der Waals surface area contributed by atoms with Crippen molar-refractivity contribution in [2.45, 2.75) is 45.7 Å². The summed E-state index contributed by atoms with van der Waals surface area (Å²) in [5, 5.41) is 4.37. The summed E-state index contributed by atoms with van der Waals surface area (Å²) in [7, 11) is 0. The van der Waals surface area contributed by atoms with Crippen molar-refractivity contribution in [1.29, 1.82) is 0 Å². The Morgan fingerprint density at radius 2 is 2.14 bits per heavy atom. The van der Waals surface area contributed by atoms with E-state index in [4.69, 9.17) is 4.42 Å². The van der Waals surface area contributed by atoms with Crippen molar-refractivity contribution < 1.29 is 13.6 Å².